The third-order valence-corrected chi connectivity index (χ3v) is 11.8. The van der Waals surface area contributed by atoms with E-state index in [9.17, 15) is 0 Å². The molecule has 0 bridgehead atoms. The molecule has 1 nitrogen and oxygen atoms in total. The summed E-state index contributed by atoms with van der Waals surface area (Å²) in [6.07, 6.45) is 22.7. The van der Waals surface area contributed by atoms with E-state index in [1.54, 1.807) is 24.3 Å². The lowest BCUT2D eigenvalue weighted by atomic mass is 9.77. The number of hydrogen-bond acceptors (Lipinski definition) is 1. The molecule has 55 heavy (non-hydrogen) atoms. The van der Waals surface area contributed by atoms with E-state index >= 15 is 17.6 Å². The lowest BCUT2D eigenvalue weighted by Gasteiger charge is -2.28. The van der Waals surface area contributed by atoms with Crippen molar-refractivity contribution < 1.29 is 22.3 Å². The first-order valence-corrected chi connectivity index (χ1v) is 20.1. The van der Waals surface area contributed by atoms with Gasteiger partial charge in [0.05, 0.1) is 13.2 Å². The Morgan fingerprint density at radius 1 is 0.473 bits per heavy atom. The van der Waals surface area contributed by atoms with Crippen LogP contribution < -0.4 is 0 Å². The Labute approximate surface area is 325 Å². The van der Waals surface area contributed by atoms with Gasteiger partial charge in [0.15, 0.2) is 0 Å². The maximum absolute atomic E-state index is 15.0. The predicted octanol–water partition coefficient (Wildman–Crippen LogP) is 14.2. The Morgan fingerprint density at radius 2 is 0.818 bits per heavy atom. The molecular formula is C50H54F4O. The Bertz CT molecular complexity index is 1740. The molecule has 2 saturated carbocycles. The first-order chi connectivity index (χ1) is 26.8. The van der Waals surface area contributed by atoms with Crippen molar-refractivity contribution in [1.82, 2.24) is 0 Å². The molecule has 0 unspecified atom stereocenters. The number of allylic oxidation sites excluding steroid dienone is 4. The van der Waals surface area contributed by atoms with Crippen molar-refractivity contribution in [1.29, 1.82) is 0 Å². The van der Waals surface area contributed by atoms with Gasteiger partial charge in [-0.15, -0.1) is 13.2 Å². The fourth-order valence-corrected chi connectivity index (χ4v) is 8.50. The van der Waals surface area contributed by atoms with E-state index in [0.717, 1.165) is 61.5 Å². The van der Waals surface area contributed by atoms with E-state index in [4.69, 9.17) is 4.74 Å². The van der Waals surface area contributed by atoms with E-state index < -0.39 is 23.3 Å². The summed E-state index contributed by atoms with van der Waals surface area (Å²) >= 11 is 0. The van der Waals surface area contributed by atoms with Gasteiger partial charge in [0.25, 0.3) is 0 Å². The number of rotatable bonds is 16. The van der Waals surface area contributed by atoms with Crippen LogP contribution in [0, 0.1) is 35.1 Å². The van der Waals surface area contributed by atoms with Crippen LogP contribution in [0.4, 0.5) is 17.6 Å². The highest BCUT2D eigenvalue weighted by molar-refractivity contribution is 5.65. The minimum atomic E-state index is -0.578. The summed E-state index contributed by atoms with van der Waals surface area (Å²) in [7, 11) is 0. The molecule has 5 heteroatoms. The Hall–Kier alpha value is -4.48. The zero-order valence-electron chi connectivity index (χ0n) is 31.9. The minimum absolute atomic E-state index is 0.0112. The smallest absolute Gasteiger partial charge is 0.130 e. The number of halogens is 4. The maximum Gasteiger partial charge on any atom is 0.130 e. The second-order valence-electron chi connectivity index (χ2n) is 15.5. The molecule has 0 heterocycles. The summed E-state index contributed by atoms with van der Waals surface area (Å²) in [6.45, 7) is 8.21. The van der Waals surface area contributed by atoms with Gasteiger partial charge in [0.2, 0.25) is 0 Å². The highest BCUT2D eigenvalue weighted by Gasteiger charge is 2.23. The van der Waals surface area contributed by atoms with Crippen LogP contribution in [0.2, 0.25) is 0 Å². The molecule has 0 aliphatic heterocycles. The van der Waals surface area contributed by atoms with Crippen molar-refractivity contribution in [2.45, 2.75) is 88.9 Å². The van der Waals surface area contributed by atoms with Gasteiger partial charge < -0.3 is 4.74 Å². The molecule has 2 fully saturated rings. The topological polar surface area (TPSA) is 9.23 Å². The SMILES string of the molecule is C=CCC1CCC(c2ccc(-c3cc(F)c(CC=CCOCC=CCc4c(F)cc(-c5ccc(C6CCC(CC=C)CC6)cc5)cc4F)c(F)c3)cc2)CC1. The molecule has 0 aromatic heterocycles. The fourth-order valence-electron chi connectivity index (χ4n) is 8.50. The molecule has 0 amide bonds. The highest BCUT2D eigenvalue weighted by atomic mass is 19.1. The number of ether oxygens (including phenoxy) is 1. The zero-order valence-corrected chi connectivity index (χ0v) is 31.9. The summed E-state index contributed by atoms with van der Waals surface area (Å²) < 4.78 is 65.6. The van der Waals surface area contributed by atoms with Gasteiger partial charge in [-0.25, -0.2) is 17.6 Å². The molecule has 2 aliphatic rings. The summed E-state index contributed by atoms with van der Waals surface area (Å²) in [4.78, 5) is 0. The molecule has 0 N–H and O–H groups in total. The molecule has 288 valence electrons. The van der Waals surface area contributed by atoms with Gasteiger partial charge >= 0.3 is 0 Å². The zero-order chi connectivity index (χ0) is 38.6. The molecule has 2 aliphatic carbocycles. The maximum atomic E-state index is 15.0. The Kier molecular flexibility index (Phi) is 14.5. The predicted molar refractivity (Wildman–Crippen MR) is 219 cm³/mol. The molecule has 4 aromatic carbocycles. The Morgan fingerprint density at radius 3 is 1.15 bits per heavy atom. The van der Waals surface area contributed by atoms with Gasteiger partial charge in [0.1, 0.15) is 23.3 Å². The van der Waals surface area contributed by atoms with E-state index in [0.29, 0.717) is 23.0 Å². The van der Waals surface area contributed by atoms with Crippen molar-refractivity contribution in [3.8, 4) is 22.3 Å². The average molecular weight is 747 g/mol. The summed E-state index contributed by atoms with van der Waals surface area (Å²) in [6, 6.07) is 21.8. The molecule has 0 saturated heterocycles. The van der Waals surface area contributed by atoms with Crippen molar-refractivity contribution in [3.05, 3.63) is 168 Å². The standard InChI is InChI=1S/C50H54F4O/c1-3-9-35-13-17-37(18-14-35)39-21-25-41(26-22-39)43-31-47(51)45(48(52)32-43)11-5-7-29-55-30-8-6-12-46-49(53)33-44(34-50(46)54)42-27-23-40(24-28-42)38-19-15-36(10-4-2)16-20-38/h3-8,21-28,31-38H,1-2,9-20,29-30H2. The van der Waals surface area contributed by atoms with E-state index in [1.807, 2.05) is 36.4 Å². The van der Waals surface area contributed by atoms with Crippen LogP contribution in [-0.2, 0) is 17.6 Å². The van der Waals surface area contributed by atoms with Gasteiger partial charge in [-0.3, -0.25) is 0 Å². The summed E-state index contributed by atoms with van der Waals surface area (Å²) in [5.74, 6) is 0.234. The lowest BCUT2D eigenvalue weighted by Crippen LogP contribution is -2.12. The largest absolute Gasteiger partial charge is 0.373 e. The normalized spacial score (nSPS) is 20.3. The van der Waals surface area contributed by atoms with Crippen LogP contribution >= 0.6 is 0 Å². The minimum Gasteiger partial charge on any atom is -0.373 e. The van der Waals surface area contributed by atoms with Gasteiger partial charge in [0, 0.05) is 11.1 Å². The molecule has 4 aromatic rings. The van der Waals surface area contributed by atoms with E-state index in [-0.39, 0.29) is 37.2 Å². The molecule has 0 atom stereocenters. The average Bonchev–Trinajstić information content (AvgIpc) is 3.20. The second kappa shape index (κ2) is 19.9. The lowest BCUT2D eigenvalue weighted by molar-refractivity contribution is 0.193. The van der Waals surface area contributed by atoms with Crippen LogP contribution in [0.25, 0.3) is 22.3 Å². The van der Waals surface area contributed by atoms with Crippen molar-refractivity contribution in [2.75, 3.05) is 13.2 Å². The summed E-state index contributed by atoms with van der Waals surface area (Å²) in [5, 5.41) is 0. The van der Waals surface area contributed by atoms with Crippen LogP contribution in [0.5, 0.6) is 0 Å². The third-order valence-electron chi connectivity index (χ3n) is 11.8. The fraction of sp³-hybridized carbons (Fsp3) is 0.360. The van der Waals surface area contributed by atoms with Crippen LogP contribution in [0.15, 0.2) is 122 Å². The third kappa shape index (κ3) is 10.9. The first-order valence-electron chi connectivity index (χ1n) is 20.1. The number of benzene rings is 4. The number of hydrogen-bond donors (Lipinski definition) is 0. The Balaban J connectivity index is 0.924. The van der Waals surface area contributed by atoms with E-state index in [2.05, 4.69) is 37.4 Å². The highest BCUT2D eigenvalue weighted by Crippen LogP contribution is 2.39. The van der Waals surface area contributed by atoms with Crippen LogP contribution in [0.3, 0.4) is 0 Å². The van der Waals surface area contributed by atoms with Crippen molar-refractivity contribution in [2.24, 2.45) is 11.8 Å². The molecule has 0 radical (unpaired) electrons. The molecule has 6 rings (SSSR count). The van der Waals surface area contributed by atoms with Crippen molar-refractivity contribution >= 4 is 0 Å². The van der Waals surface area contributed by atoms with E-state index in [1.165, 1.54) is 61.1 Å². The first kappa shape index (κ1) is 40.2. The quantitative estimate of drug-likeness (QED) is 0.0630. The van der Waals surface area contributed by atoms with Gasteiger partial charge in [-0.1, -0.05) is 85.0 Å². The van der Waals surface area contributed by atoms with Crippen molar-refractivity contribution in [3.63, 3.8) is 0 Å². The van der Waals surface area contributed by atoms with Gasteiger partial charge in [-0.05, 0) is 158 Å². The second-order valence-corrected chi connectivity index (χ2v) is 15.5. The molecule has 0 spiro atoms. The summed E-state index contributed by atoms with van der Waals surface area (Å²) in [5.41, 5.74) is 5.23. The molecular weight excluding hydrogens is 693 g/mol. The monoisotopic (exact) mass is 746 g/mol. The van der Waals surface area contributed by atoms with Crippen LogP contribution in [0.1, 0.15) is 98.3 Å². The van der Waals surface area contributed by atoms with Crippen LogP contribution in [-0.4, -0.2) is 13.2 Å². The van der Waals surface area contributed by atoms with Gasteiger partial charge in [-0.2, -0.15) is 0 Å².